The highest BCUT2D eigenvalue weighted by Gasteiger charge is 2.30. The molecular formula is C31H40N2O3. The number of para-hydroxylation sites is 1. The molecule has 0 heterocycles. The van der Waals surface area contributed by atoms with E-state index in [4.69, 9.17) is 0 Å². The molecule has 1 aliphatic rings. The molecule has 3 N–H and O–H groups in total. The van der Waals surface area contributed by atoms with E-state index in [0.29, 0.717) is 11.3 Å². The van der Waals surface area contributed by atoms with Crippen LogP contribution in [0.4, 0.5) is 11.4 Å². The van der Waals surface area contributed by atoms with Crippen LogP contribution in [0, 0.1) is 6.92 Å². The van der Waals surface area contributed by atoms with Crippen LogP contribution in [0.1, 0.15) is 87.8 Å². The molecule has 36 heavy (non-hydrogen) atoms. The Morgan fingerprint density at radius 1 is 0.944 bits per heavy atom. The molecule has 0 aromatic heterocycles. The Morgan fingerprint density at radius 3 is 2.28 bits per heavy atom. The van der Waals surface area contributed by atoms with Crippen LogP contribution < -0.4 is 10.6 Å². The Hall–Kier alpha value is -3.14. The number of aliphatic hydroxyl groups excluding tert-OH is 1. The Labute approximate surface area is 215 Å². The number of aryl methyl sites for hydroxylation is 1. The molecule has 5 nitrogen and oxygen atoms in total. The first-order valence-electron chi connectivity index (χ1n) is 13.4. The molecule has 3 rings (SSSR count). The first-order chi connectivity index (χ1) is 17.5. The smallest absolute Gasteiger partial charge is 0.254 e. The molecule has 0 spiro atoms. The normalized spacial score (nSPS) is 14.6. The predicted molar refractivity (Wildman–Crippen MR) is 150 cm³/mol. The van der Waals surface area contributed by atoms with Crippen molar-refractivity contribution >= 4 is 34.9 Å². The number of nitrogens with one attached hydrogen (secondary N) is 2. The Bertz CT molecular complexity index is 1100. The summed E-state index contributed by atoms with van der Waals surface area (Å²) in [7, 11) is 0. The Kier molecular flexibility index (Phi) is 11.0. The van der Waals surface area contributed by atoms with E-state index in [-0.39, 0.29) is 11.1 Å². The number of benzene rings is 2. The summed E-state index contributed by atoms with van der Waals surface area (Å²) in [6, 6.07) is 13.1. The van der Waals surface area contributed by atoms with Crippen molar-refractivity contribution in [3.05, 3.63) is 64.7 Å². The molecule has 2 aromatic carbocycles. The molecule has 0 aliphatic heterocycles. The molecule has 1 atom stereocenters. The zero-order valence-electron chi connectivity index (χ0n) is 21.7. The highest BCUT2D eigenvalue weighted by atomic mass is 16.3. The van der Waals surface area contributed by atoms with Crippen LogP contribution in [0.25, 0.3) is 11.6 Å². The zero-order valence-corrected chi connectivity index (χ0v) is 21.7. The third kappa shape index (κ3) is 7.68. The minimum Gasteiger partial charge on any atom is -0.385 e. The average molecular weight is 489 g/mol. The molecule has 0 radical (unpaired) electrons. The summed E-state index contributed by atoms with van der Waals surface area (Å²) < 4.78 is 0. The maximum Gasteiger partial charge on any atom is 0.254 e. The SMILES string of the molecule is CCCCCCCCCCCCNc1ccc2c(c1)C=C(C(=O)Nc1ccccc1C)C(O)C2=C=O. The number of unbranched alkanes of at least 4 members (excludes halogenated alkanes) is 9. The quantitative estimate of drug-likeness (QED) is 0.199. The maximum absolute atomic E-state index is 13.0. The lowest BCUT2D eigenvalue weighted by Gasteiger charge is -2.23. The van der Waals surface area contributed by atoms with Crippen LogP contribution in [-0.2, 0) is 9.59 Å². The molecule has 0 saturated heterocycles. The summed E-state index contributed by atoms with van der Waals surface area (Å²) in [6.45, 7) is 5.03. The van der Waals surface area contributed by atoms with Gasteiger partial charge < -0.3 is 15.7 Å². The van der Waals surface area contributed by atoms with Gasteiger partial charge in [-0.25, -0.2) is 4.79 Å². The fraction of sp³-hybridized carbons (Fsp3) is 0.452. The van der Waals surface area contributed by atoms with Crippen LogP contribution in [0.2, 0.25) is 0 Å². The molecule has 0 saturated carbocycles. The third-order valence-corrected chi connectivity index (χ3v) is 6.85. The van der Waals surface area contributed by atoms with Gasteiger partial charge in [0.25, 0.3) is 5.91 Å². The van der Waals surface area contributed by atoms with Crippen molar-refractivity contribution in [1.82, 2.24) is 0 Å². The number of hydrogen-bond acceptors (Lipinski definition) is 4. The van der Waals surface area contributed by atoms with Gasteiger partial charge in [0, 0.05) is 17.9 Å². The second kappa shape index (κ2) is 14.4. The van der Waals surface area contributed by atoms with Crippen LogP contribution >= 0.6 is 0 Å². The van der Waals surface area contributed by atoms with Crippen molar-refractivity contribution < 1.29 is 14.7 Å². The van der Waals surface area contributed by atoms with Crippen molar-refractivity contribution in [2.75, 3.05) is 17.2 Å². The first-order valence-corrected chi connectivity index (χ1v) is 13.4. The van der Waals surface area contributed by atoms with Gasteiger partial charge >= 0.3 is 0 Å². The Balaban J connectivity index is 1.55. The van der Waals surface area contributed by atoms with E-state index in [1.165, 1.54) is 57.8 Å². The summed E-state index contributed by atoms with van der Waals surface area (Å²) in [4.78, 5) is 24.7. The van der Waals surface area contributed by atoms with E-state index in [1.807, 2.05) is 55.3 Å². The van der Waals surface area contributed by atoms with Crippen LogP contribution in [-0.4, -0.2) is 29.6 Å². The van der Waals surface area contributed by atoms with Gasteiger partial charge in [0.05, 0.1) is 11.1 Å². The van der Waals surface area contributed by atoms with Gasteiger partial charge in [0.2, 0.25) is 0 Å². The van der Waals surface area contributed by atoms with Gasteiger partial charge in [-0.3, -0.25) is 4.79 Å². The van der Waals surface area contributed by atoms with Crippen molar-refractivity contribution in [1.29, 1.82) is 0 Å². The van der Waals surface area contributed by atoms with E-state index in [0.717, 1.165) is 29.8 Å². The summed E-state index contributed by atoms with van der Waals surface area (Å²) in [5.74, 6) is 1.42. The molecular weight excluding hydrogens is 448 g/mol. The van der Waals surface area contributed by atoms with Crippen LogP contribution in [0.3, 0.4) is 0 Å². The van der Waals surface area contributed by atoms with E-state index < -0.39 is 12.0 Å². The molecule has 2 aromatic rings. The summed E-state index contributed by atoms with van der Waals surface area (Å²) >= 11 is 0. The minimum absolute atomic E-state index is 0.0867. The lowest BCUT2D eigenvalue weighted by molar-refractivity contribution is -0.113. The van der Waals surface area contributed by atoms with Crippen molar-refractivity contribution in [3.63, 3.8) is 0 Å². The standard InChI is InChI=1S/C31H40N2O3/c1-3-4-5-6-7-8-9-10-11-14-19-32-25-17-18-26-24(20-25)21-27(30(35)28(26)22-34)31(36)33-29-16-13-12-15-23(29)2/h12-13,15-18,20-21,30,32,35H,3-11,14,19H2,1-2H3,(H,33,36). The molecule has 1 unspecified atom stereocenters. The topological polar surface area (TPSA) is 78.4 Å². The van der Waals surface area contributed by atoms with Crippen molar-refractivity contribution in [2.45, 2.75) is 84.2 Å². The van der Waals surface area contributed by atoms with Gasteiger partial charge in [-0.15, -0.1) is 0 Å². The molecule has 192 valence electrons. The monoisotopic (exact) mass is 488 g/mol. The highest BCUT2D eigenvalue weighted by Crippen LogP contribution is 2.34. The summed E-state index contributed by atoms with van der Waals surface area (Å²) in [6.07, 6.45) is 13.3. The first kappa shape index (κ1) is 27.4. The largest absolute Gasteiger partial charge is 0.385 e. The lowest BCUT2D eigenvalue weighted by atomic mass is 9.85. The fourth-order valence-electron chi connectivity index (χ4n) is 4.64. The second-order valence-corrected chi connectivity index (χ2v) is 9.70. The van der Waals surface area contributed by atoms with E-state index >= 15 is 0 Å². The summed E-state index contributed by atoms with van der Waals surface area (Å²) in [5.41, 5.74) is 4.07. The van der Waals surface area contributed by atoms with Gasteiger partial charge in [0.15, 0.2) is 0 Å². The van der Waals surface area contributed by atoms with Gasteiger partial charge in [0.1, 0.15) is 12.0 Å². The molecule has 1 amide bonds. The van der Waals surface area contributed by atoms with Crippen LogP contribution in [0.5, 0.6) is 0 Å². The number of aliphatic hydroxyl groups is 1. The van der Waals surface area contributed by atoms with Gasteiger partial charge in [-0.1, -0.05) is 89.0 Å². The number of hydrogen-bond donors (Lipinski definition) is 3. The number of rotatable bonds is 14. The molecule has 0 fully saturated rings. The molecule has 0 bridgehead atoms. The van der Waals surface area contributed by atoms with E-state index in [2.05, 4.69) is 17.6 Å². The summed E-state index contributed by atoms with van der Waals surface area (Å²) in [5, 5.41) is 17.0. The van der Waals surface area contributed by atoms with E-state index in [9.17, 15) is 14.7 Å². The lowest BCUT2D eigenvalue weighted by Crippen LogP contribution is -2.27. The average Bonchev–Trinajstić information content (AvgIpc) is 2.88. The maximum atomic E-state index is 13.0. The second-order valence-electron chi connectivity index (χ2n) is 9.70. The third-order valence-electron chi connectivity index (χ3n) is 6.85. The van der Waals surface area contributed by atoms with Gasteiger partial charge in [-0.05, 0) is 54.3 Å². The van der Waals surface area contributed by atoms with Gasteiger partial charge in [-0.2, -0.15) is 0 Å². The van der Waals surface area contributed by atoms with Crippen molar-refractivity contribution in [3.8, 4) is 0 Å². The van der Waals surface area contributed by atoms with Crippen LogP contribution in [0.15, 0.2) is 48.0 Å². The predicted octanol–water partition coefficient (Wildman–Crippen LogP) is 6.94. The number of amides is 1. The highest BCUT2D eigenvalue weighted by molar-refractivity contribution is 6.13. The molecule has 1 aliphatic carbocycles. The Morgan fingerprint density at radius 2 is 1.61 bits per heavy atom. The minimum atomic E-state index is -1.32. The number of anilines is 2. The van der Waals surface area contributed by atoms with Crippen molar-refractivity contribution in [2.24, 2.45) is 0 Å². The van der Waals surface area contributed by atoms with E-state index in [1.54, 1.807) is 6.08 Å². The zero-order chi connectivity index (χ0) is 25.8. The fourth-order valence-corrected chi connectivity index (χ4v) is 4.64. The number of fused-ring (bicyclic) bond motifs is 1. The number of carbonyl (C=O) groups is 1. The molecule has 5 heteroatoms. The number of carbonyl (C=O) groups excluding carboxylic acids is 2.